The van der Waals surface area contributed by atoms with Gasteiger partial charge in [-0.15, -0.1) is 10.2 Å². The Kier molecular flexibility index (Phi) is 6.39. The molecule has 0 radical (unpaired) electrons. The summed E-state index contributed by atoms with van der Waals surface area (Å²) in [6.07, 6.45) is 9.48. The second-order valence-electron chi connectivity index (χ2n) is 10.6. The molecule has 1 saturated carbocycles. The van der Waals surface area contributed by atoms with Crippen LogP contribution in [0.1, 0.15) is 66.2 Å². The first-order valence-corrected chi connectivity index (χ1v) is 13.5. The van der Waals surface area contributed by atoms with Crippen LogP contribution in [0.5, 0.6) is 5.88 Å². The minimum absolute atomic E-state index is 0.133. The van der Waals surface area contributed by atoms with Gasteiger partial charge in [-0.25, -0.2) is 0 Å². The zero-order valence-electron chi connectivity index (χ0n) is 20.3. The van der Waals surface area contributed by atoms with Crippen LogP contribution in [0.25, 0.3) is 11.3 Å². The fourth-order valence-corrected chi connectivity index (χ4v) is 6.69. The number of hydrogen-bond donors (Lipinski definition) is 1. The molecule has 0 saturated heterocycles. The van der Waals surface area contributed by atoms with Crippen LogP contribution in [0.2, 0.25) is 0 Å². The van der Waals surface area contributed by atoms with Crippen molar-refractivity contribution in [3.8, 4) is 17.1 Å². The van der Waals surface area contributed by atoms with Crippen molar-refractivity contribution in [2.75, 3.05) is 11.1 Å². The molecule has 1 aliphatic heterocycles. The first-order chi connectivity index (χ1) is 16.0. The van der Waals surface area contributed by atoms with Crippen LogP contribution in [0.15, 0.2) is 41.1 Å². The molecule has 5 nitrogen and oxygen atoms in total. The molecule has 3 aliphatic rings. The number of benzene rings is 1. The molecular weight excluding hydrogens is 428 g/mol. The van der Waals surface area contributed by atoms with Gasteiger partial charge in [0.2, 0.25) is 11.0 Å². The van der Waals surface area contributed by atoms with Crippen LogP contribution in [-0.4, -0.2) is 27.2 Å². The van der Waals surface area contributed by atoms with E-state index in [1.54, 1.807) is 17.3 Å². The number of hydrogen-bond acceptors (Lipinski definition) is 6. The summed E-state index contributed by atoms with van der Waals surface area (Å²) >= 11 is 1.67. The topological polar surface area (TPSA) is 59.9 Å². The van der Waals surface area contributed by atoms with Crippen LogP contribution in [0.3, 0.4) is 0 Å². The third-order valence-electron chi connectivity index (χ3n) is 7.85. The van der Waals surface area contributed by atoms with Crippen LogP contribution >= 0.6 is 11.8 Å². The van der Waals surface area contributed by atoms with Crippen molar-refractivity contribution in [3.63, 3.8) is 0 Å². The molecular formula is C27H36N4OS. The second kappa shape index (κ2) is 9.28. The van der Waals surface area contributed by atoms with Gasteiger partial charge in [0.05, 0.1) is 0 Å². The van der Waals surface area contributed by atoms with Gasteiger partial charge in [0, 0.05) is 22.9 Å². The Balaban J connectivity index is 1.48. The summed E-state index contributed by atoms with van der Waals surface area (Å²) in [6.45, 7) is 9.48. The summed E-state index contributed by atoms with van der Waals surface area (Å²) in [7, 11) is 0. The summed E-state index contributed by atoms with van der Waals surface area (Å²) < 4.78 is 6.69. The number of thioether (sulfide) groups is 1. The normalized spacial score (nSPS) is 27.7. The SMILES string of the molecule is CCCCSc1nnc2c(n1)O[C@@H]([C@H]1C[C@@H]3C(=CCCC3(C)C)C[C@@H]1C)Nc1ccccc1-2. The molecule has 4 atom stereocenters. The van der Waals surface area contributed by atoms with E-state index in [4.69, 9.17) is 9.72 Å². The molecule has 2 aliphatic carbocycles. The first-order valence-electron chi connectivity index (χ1n) is 12.6. The number of rotatable bonds is 5. The van der Waals surface area contributed by atoms with Crippen molar-refractivity contribution in [1.29, 1.82) is 0 Å². The van der Waals surface area contributed by atoms with Crippen LogP contribution in [0.4, 0.5) is 5.69 Å². The monoisotopic (exact) mass is 464 g/mol. The van der Waals surface area contributed by atoms with Crippen molar-refractivity contribution in [3.05, 3.63) is 35.9 Å². The highest BCUT2D eigenvalue weighted by Crippen LogP contribution is 2.52. The Morgan fingerprint density at radius 3 is 2.91 bits per heavy atom. The number of allylic oxidation sites excluding steroid dienone is 2. The number of fused-ring (bicyclic) bond motifs is 4. The number of nitrogens with one attached hydrogen (secondary N) is 1. The van der Waals surface area contributed by atoms with Crippen molar-refractivity contribution in [2.24, 2.45) is 23.2 Å². The van der Waals surface area contributed by atoms with Crippen LogP contribution in [-0.2, 0) is 0 Å². The Hall–Kier alpha value is -2.08. The molecule has 2 aromatic rings. The maximum Gasteiger partial charge on any atom is 0.247 e. The third kappa shape index (κ3) is 4.51. The third-order valence-corrected chi connectivity index (χ3v) is 8.78. The number of nitrogens with zero attached hydrogens (tertiary/aromatic N) is 3. The van der Waals surface area contributed by atoms with E-state index in [1.807, 2.05) is 6.07 Å². The first kappa shape index (κ1) is 22.7. The van der Waals surface area contributed by atoms with Gasteiger partial charge in [-0.2, -0.15) is 4.98 Å². The zero-order chi connectivity index (χ0) is 23.0. The van der Waals surface area contributed by atoms with Gasteiger partial charge < -0.3 is 10.1 Å². The van der Waals surface area contributed by atoms with E-state index < -0.39 is 0 Å². The predicted octanol–water partition coefficient (Wildman–Crippen LogP) is 6.97. The average Bonchev–Trinajstić information content (AvgIpc) is 2.95. The number of anilines is 1. The Bertz CT molecular complexity index is 1040. The van der Waals surface area contributed by atoms with Gasteiger partial charge in [0.15, 0.2) is 11.9 Å². The average molecular weight is 465 g/mol. The van der Waals surface area contributed by atoms with Crippen LogP contribution in [0, 0.1) is 23.2 Å². The van der Waals surface area contributed by atoms with Crippen molar-refractivity contribution in [1.82, 2.24) is 15.2 Å². The standard InChI is InChI=1S/C27H36N4OS/c1-5-6-14-33-26-29-25-23(30-31-26)19-11-7-8-12-22(19)28-24(32-25)20-16-21-18(15-17(20)2)10-9-13-27(21,3)4/h7-8,10-12,17,20-21,24,28H,5-6,9,13-16H2,1-4H3/t17-,20-,21+,24-/m0/s1. The van der Waals surface area contributed by atoms with Gasteiger partial charge in [-0.1, -0.05) is 75.7 Å². The molecule has 2 heterocycles. The fraction of sp³-hybridized carbons (Fsp3) is 0.593. The van der Waals surface area contributed by atoms with E-state index >= 15 is 0 Å². The molecule has 1 N–H and O–H groups in total. The fourth-order valence-electron chi connectivity index (χ4n) is 5.82. The summed E-state index contributed by atoms with van der Waals surface area (Å²) in [4.78, 5) is 4.84. The highest BCUT2D eigenvalue weighted by molar-refractivity contribution is 7.99. The van der Waals surface area contributed by atoms with E-state index in [0.717, 1.165) is 48.4 Å². The quantitative estimate of drug-likeness (QED) is 0.293. The van der Waals surface area contributed by atoms with E-state index in [2.05, 4.69) is 67.5 Å². The summed E-state index contributed by atoms with van der Waals surface area (Å²) in [6, 6.07) is 8.32. The second-order valence-corrected chi connectivity index (χ2v) is 11.7. The lowest BCUT2D eigenvalue weighted by atomic mass is 9.59. The predicted molar refractivity (Wildman–Crippen MR) is 135 cm³/mol. The van der Waals surface area contributed by atoms with Crippen LogP contribution < -0.4 is 10.1 Å². The Morgan fingerprint density at radius 1 is 1.21 bits per heavy atom. The highest BCUT2D eigenvalue weighted by Gasteiger charge is 2.44. The molecule has 6 heteroatoms. The molecule has 1 fully saturated rings. The number of unbranched alkanes of at least 4 members (excludes halogenated alkanes) is 1. The van der Waals surface area contributed by atoms with Crippen molar-refractivity contribution in [2.45, 2.75) is 77.6 Å². The van der Waals surface area contributed by atoms with Gasteiger partial charge in [-0.05, 0) is 55.4 Å². The van der Waals surface area contributed by atoms with Gasteiger partial charge in [0.25, 0.3) is 0 Å². The highest BCUT2D eigenvalue weighted by atomic mass is 32.2. The lowest BCUT2D eigenvalue weighted by Gasteiger charge is -2.48. The number of aromatic nitrogens is 3. The molecule has 1 aromatic carbocycles. The lowest BCUT2D eigenvalue weighted by molar-refractivity contribution is 0.0519. The Labute approximate surface area is 202 Å². The molecule has 0 unspecified atom stereocenters. The minimum atomic E-state index is -0.133. The zero-order valence-corrected chi connectivity index (χ0v) is 21.1. The summed E-state index contributed by atoms with van der Waals surface area (Å²) in [5.41, 5.74) is 4.82. The molecule has 0 spiro atoms. The van der Waals surface area contributed by atoms with E-state index in [-0.39, 0.29) is 6.23 Å². The molecule has 176 valence electrons. The molecule has 33 heavy (non-hydrogen) atoms. The number of ether oxygens (including phenoxy) is 1. The van der Waals surface area contributed by atoms with Gasteiger partial charge in [0.1, 0.15) is 0 Å². The summed E-state index contributed by atoms with van der Waals surface area (Å²) in [5, 5.41) is 13.4. The molecule has 0 amide bonds. The van der Waals surface area contributed by atoms with E-state index in [9.17, 15) is 0 Å². The van der Waals surface area contributed by atoms with Gasteiger partial charge >= 0.3 is 0 Å². The molecule has 1 aromatic heterocycles. The summed E-state index contributed by atoms with van der Waals surface area (Å²) in [5.74, 6) is 3.18. The smallest absolute Gasteiger partial charge is 0.247 e. The van der Waals surface area contributed by atoms with E-state index in [0.29, 0.717) is 34.2 Å². The minimum Gasteiger partial charge on any atom is -0.452 e. The van der Waals surface area contributed by atoms with Crippen molar-refractivity contribution >= 4 is 17.4 Å². The molecule has 5 rings (SSSR count). The maximum atomic E-state index is 6.69. The Morgan fingerprint density at radius 2 is 2.06 bits per heavy atom. The largest absolute Gasteiger partial charge is 0.452 e. The van der Waals surface area contributed by atoms with Gasteiger partial charge in [-0.3, -0.25) is 0 Å². The number of para-hydroxylation sites is 1. The van der Waals surface area contributed by atoms with E-state index in [1.165, 1.54) is 12.8 Å². The molecule has 0 bridgehead atoms. The van der Waals surface area contributed by atoms with Crippen molar-refractivity contribution < 1.29 is 4.74 Å². The maximum absolute atomic E-state index is 6.69. The lowest BCUT2D eigenvalue weighted by Crippen LogP contribution is -2.45.